The predicted octanol–water partition coefficient (Wildman–Crippen LogP) is 5.40. The average Bonchev–Trinajstić information content (AvgIpc) is 2.83. The topological polar surface area (TPSA) is 84.2 Å². The Kier molecular flexibility index (Phi) is 5.84. The summed E-state index contributed by atoms with van der Waals surface area (Å²) in [5.41, 5.74) is 0.943. The number of sulfone groups is 1. The molecule has 5 nitrogen and oxygen atoms in total. The summed E-state index contributed by atoms with van der Waals surface area (Å²) in [5.74, 6) is -0.182. The molecule has 0 heterocycles. The Balaban J connectivity index is 1.56. The summed E-state index contributed by atoms with van der Waals surface area (Å²) in [6.07, 6.45) is 1.29. The van der Waals surface area contributed by atoms with E-state index in [-0.39, 0.29) is 9.80 Å². The lowest BCUT2D eigenvalue weighted by molar-refractivity contribution is 0.0737. The molecule has 0 unspecified atom stereocenters. The summed E-state index contributed by atoms with van der Waals surface area (Å²) in [7, 11) is -3.92. The van der Waals surface area contributed by atoms with Crippen molar-refractivity contribution >= 4 is 32.7 Å². The minimum atomic E-state index is -3.92. The SMILES string of the molecule is N#C/C(=C/c1ccc(OC(=O)c2cccc3ccccc23)cc1)S(=O)(=O)c1ccccc1. The maximum absolute atomic E-state index is 12.7. The third-order valence-corrected chi connectivity index (χ3v) is 6.53. The first-order valence-corrected chi connectivity index (χ1v) is 11.2. The van der Waals surface area contributed by atoms with Crippen LogP contribution < -0.4 is 4.74 Å². The van der Waals surface area contributed by atoms with Gasteiger partial charge in [0.05, 0.1) is 10.5 Å². The molecule has 0 bridgehead atoms. The molecule has 6 heteroatoms. The fourth-order valence-electron chi connectivity index (χ4n) is 3.25. The van der Waals surface area contributed by atoms with E-state index in [1.807, 2.05) is 30.3 Å². The third kappa shape index (κ3) is 4.29. The van der Waals surface area contributed by atoms with Crippen molar-refractivity contribution in [3.63, 3.8) is 0 Å². The second-order valence-corrected chi connectivity index (χ2v) is 8.84. The maximum Gasteiger partial charge on any atom is 0.344 e. The maximum atomic E-state index is 12.7. The van der Waals surface area contributed by atoms with Crippen molar-refractivity contribution in [2.45, 2.75) is 4.90 Å². The first kappa shape index (κ1) is 21.0. The van der Waals surface area contributed by atoms with Gasteiger partial charge >= 0.3 is 5.97 Å². The van der Waals surface area contributed by atoms with Gasteiger partial charge in [-0.1, -0.05) is 66.7 Å². The molecule has 0 aliphatic carbocycles. The fourth-order valence-corrected chi connectivity index (χ4v) is 4.43. The molecule has 0 aliphatic rings. The minimum absolute atomic E-state index is 0.0495. The molecule has 4 aromatic carbocycles. The van der Waals surface area contributed by atoms with E-state index in [0.29, 0.717) is 16.9 Å². The molecule has 0 fully saturated rings. The second kappa shape index (κ2) is 8.88. The van der Waals surface area contributed by atoms with E-state index >= 15 is 0 Å². The molecule has 0 radical (unpaired) electrons. The van der Waals surface area contributed by atoms with Crippen LogP contribution in [0.2, 0.25) is 0 Å². The summed E-state index contributed by atoms with van der Waals surface area (Å²) in [5, 5.41) is 11.1. The van der Waals surface area contributed by atoms with Crippen LogP contribution in [0.4, 0.5) is 0 Å². The second-order valence-electron chi connectivity index (χ2n) is 6.92. The van der Waals surface area contributed by atoms with Gasteiger partial charge in [0.1, 0.15) is 16.7 Å². The van der Waals surface area contributed by atoms with Gasteiger partial charge in [0.15, 0.2) is 0 Å². The lowest BCUT2D eigenvalue weighted by Gasteiger charge is -2.08. The van der Waals surface area contributed by atoms with Crippen LogP contribution in [0, 0.1) is 11.3 Å². The summed E-state index contributed by atoms with van der Waals surface area (Å²) < 4.78 is 30.9. The molecule has 0 amide bonds. The van der Waals surface area contributed by atoms with E-state index in [9.17, 15) is 18.5 Å². The highest BCUT2D eigenvalue weighted by Crippen LogP contribution is 2.24. The van der Waals surface area contributed by atoms with Crippen molar-refractivity contribution in [2.24, 2.45) is 0 Å². The molecule has 0 aromatic heterocycles. The summed E-state index contributed by atoms with van der Waals surface area (Å²) in [6, 6.07) is 28.8. The van der Waals surface area contributed by atoms with Gasteiger partial charge in [-0.25, -0.2) is 13.2 Å². The van der Waals surface area contributed by atoms with E-state index < -0.39 is 15.8 Å². The zero-order valence-electron chi connectivity index (χ0n) is 16.8. The third-order valence-electron chi connectivity index (χ3n) is 4.85. The molecule has 4 rings (SSSR count). The molecule has 0 saturated carbocycles. The van der Waals surface area contributed by atoms with Gasteiger partial charge in [-0.05, 0) is 52.7 Å². The zero-order chi connectivity index (χ0) is 22.6. The number of ether oxygens (including phenoxy) is 1. The molecule has 0 N–H and O–H groups in total. The van der Waals surface area contributed by atoms with E-state index in [1.165, 1.54) is 18.2 Å². The smallest absolute Gasteiger partial charge is 0.344 e. The van der Waals surface area contributed by atoms with Gasteiger partial charge in [0, 0.05) is 0 Å². The molecule has 0 aliphatic heterocycles. The summed E-state index contributed by atoms with van der Waals surface area (Å²) in [6.45, 7) is 0. The Morgan fingerprint density at radius 2 is 1.47 bits per heavy atom. The highest BCUT2D eigenvalue weighted by Gasteiger charge is 2.20. The Hall–Kier alpha value is -4.21. The van der Waals surface area contributed by atoms with Crippen molar-refractivity contribution in [1.82, 2.24) is 0 Å². The number of nitriles is 1. The molecular weight excluding hydrogens is 422 g/mol. The normalized spacial score (nSPS) is 11.7. The number of fused-ring (bicyclic) bond motifs is 1. The molecule has 0 atom stereocenters. The van der Waals surface area contributed by atoms with Crippen LogP contribution >= 0.6 is 0 Å². The zero-order valence-corrected chi connectivity index (χ0v) is 17.6. The molecule has 32 heavy (non-hydrogen) atoms. The monoisotopic (exact) mass is 439 g/mol. The number of benzene rings is 4. The number of carbonyl (C=O) groups excluding carboxylic acids is 1. The molecular formula is C26H17NO4S. The van der Waals surface area contributed by atoms with Crippen molar-refractivity contribution in [2.75, 3.05) is 0 Å². The number of nitrogens with zero attached hydrogens (tertiary/aromatic N) is 1. The van der Waals surface area contributed by atoms with E-state index in [4.69, 9.17) is 4.74 Å². The number of rotatable bonds is 5. The van der Waals surface area contributed by atoms with Crippen molar-refractivity contribution in [1.29, 1.82) is 5.26 Å². The van der Waals surface area contributed by atoms with Crippen molar-refractivity contribution in [3.05, 3.63) is 113 Å². The Bertz CT molecular complexity index is 1460. The van der Waals surface area contributed by atoms with Crippen LogP contribution in [0.1, 0.15) is 15.9 Å². The quantitative estimate of drug-likeness (QED) is 0.236. The Morgan fingerprint density at radius 1 is 0.812 bits per heavy atom. The van der Waals surface area contributed by atoms with Crippen molar-refractivity contribution < 1.29 is 17.9 Å². The largest absolute Gasteiger partial charge is 0.423 e. The van der Waals surface area contributed by atoms with Crippen LogP contribution in [0.3, 0.4) is 0 Å². The van der Waals surface area contributed by atoms with E-state index in [2.05, 4.69) is 0 Å². The number of carbonyl (C=O) groups is 1. The lowest BCUT2D eigenvalue weighted by Crippen LogP contribution is -2.09. The van der Waals surface area contributed by atoms with Crippen LogP contribution in [0.25, 0.3) is 16.8 Å². The highest BCUT2D eigenvalue weighted by molar-refractivity contribution is 7.95. The molecule has 0 spiro atoms. The molecule has 156 valence electrons. The van der Waals surface area contributed by atoms with Crippen LogP contribution in [0.5, 0.6) is 5.75 Å². The fraction of sp³-hybridized carbons (Fsp3) is 0. The lowest BCUT2D eigenvalue weighted by atomic mass is 10.0. The van der Waals surface area contributed by atoms with Crippen molar-refractivity contribution in [3.8, 4) is 11.8 Å². The van der Waals surface area contributed by atoms with Gasteiger partial charge in [0.25, 0.3) is 0 Å². The molecule has 0 saturated heterocycles. The van der Waals surface area contributed by atoms with Gasteiger partial charge in [0.2, 0.25) is 9.84 Å². The van der Waals surface area contributed by atoms with Gasteiger partial charge < -0.3 is 4.74 Å². The first-order valence-electron chi connectivity index (χ1n) is 9.71. The Labute approximate surface area is 185 Å². The number of hydrogen-bond donors (Lipinski definition) is 0. The van der Waals surface area contributed by atoms with Gasteiger partial charge in [-0.2, -0.15) is 5.26 Å². The number of allylic oxidation sites excluding steroid dienone is 1. The highest BCUT2D eigenvalue weighted by atomic mass is 32.2. The van der Waals surface area contributed by atoms with Crippen LogP contribution in [-0.4, -0.2) is 14.4 Å². The predicted molar refractivity (Wildman–Crippen MR) is 123 cm³/mol. The Morgan fingerprint density at radius 3 is 2.19 bits per heavy atom. The standard InChI is InChI=1S/C26H17NO4S/c27-18-23(32(29,30)22-9-2-1-3-10-22)17-19-13-15-21(16-14-19)31-26(28)25-12-6-8-20-7-4-5-11-24(20)25/h1-17H/b23-17-. The van der Waals surface area contributed by atoms with Gasteiger partial charge in [-0.3, -0.25) is 0 Å². The average molecular weight is 439 g/mol. The molecule has 4 aromatic rings. The van der Waals surface area contributed by atoms with Crippen LogP contribution in [-0.2, 0) is 9.84 Å². The first-order chi connectivity index (χ1) is 15.5. The number of esters is 1. The van der Waals surface area contributed by atoms with E-state index in [0.717, 1.165) is 10.8 Å². The van der Waals surface area contributed by atoms with Crippen LogP contribution in [0.15, 0.2) is 107 Å². The summed E-state index contributed by atoms with van der Waals surface area (Å²) >= 11 is 0. The van der Waals surface area contributed by atoms with Gasteiger partial charge in [-0.15, -0.1) is 0 Å². The number of hydrogen-bond acceptors (Lipinski definition) is 5. The van der Waals surface area contributed by atoms with E-state index in [1.54, 1.807) is 60.7 Å². The summed E-state index contributed by atoms with van der Waals surface area (Å²) in [4.78, 5) is 12.3. The minimum Gasteiger partial charge on any atom is -0.423 e.